The van der Waals surface area contributed by atoms with E-state index in [2.05, 4.69) is 5.32 Å². The molecule has 7 nitrogen and oxygen atoms in total. The van der Waals surface area contributed by atoms with E-state index < -0.39 is 17.3 Å². The standard InChI is InChI=1S/C22H41N3O4/c1-15(24-18(26)28-20(2,3)4)16(12-23)11-17-9-8-10-22(17)13-25(14-22)19(27)29-21(5,6)7/h15-17H,8-14,23H2,1-7H3,(H,24,26)/t15-,16?,17?/m1/s1. The van der Waals surface area contributed by atoms with Gasteiger partial charge < -0.3 is 25.4 Å². The summed E-state index contributed by atoms with van der Waals surface area (Å²) >= 11 is 0. The Bertz CT molecular complexity index is 588. The second-order valence-electron chi connectivity index (χ2n) is 11.0. The maximum atomic E-state index is 12.3. The molecule has 1 aliphatic carbocycles. The van der Waals surface area contributed by atoms with Crippen LogP contribution in [0.5, 0.6) is 0 Å². The summed E-state index contributed by atoms with van der Waals surface area (Å²) in [5, 5.41) is 2.95. The van der Waals surface area contributed by atoms with Gasteiger partial charge in [0.05, 0.1) is 0 Å². The summed E-state index contributed by atoms with van der Waals surface area (Å²) in [5.41, 5.74) is 5.26. The van der Waals surface area contributed by atoms with E-state index in [4.69, 9.17) is 15.2 Å². The Balaban J connectivity index is 1.91. The van der Waals surface area contributed by atoms with Crippen LogP contribution in [-0.4, -0.2) is 54.0 Å². The quantitative estimate of drug-likeness (QED) is 0.715. The van der Waals surface area contributed by atoms with Crippen LogP contribution < -0.4 is 11.1 Å². The number of alkyl carbamates (subject to hydrolysis) is 1. The van der Waals surface area contributed by atoms with Crippen molar-refractivity contribution < 1.29 is 19.1 Å². The van der Waals surface area contributed by atoms with Crippen molar-refractivity contribution in [1.82, 2.24) is 10.2 Å². The molecular weight excluding hydrogens is 370 g/mol. The number of nitrogens with two attached hydrogens (primary N) is 1. The molecule has 168 valence electrons. The summed E-state index contributed by atoms with van der Waals surface area (Å²) in [5.74, 6) is 0.690. The molecule has 2 rings (SSSR count). The number of carbonyl (C=O) groups is 2. The Morgan fingerprint density at radius 1 is 1.14 bits per heavy atom. The molecule has 0 aromatic rings. The van der Waals surface area contributed by atoms with E-state index in [0.717, 1.165) is 32.4 Å². The van der Waals surface area contributed by atoms with Crippen molar-refractivity contribution in [3.8, 4) is 0 Å². The van der Waals surface area contributed by atoms with E-state index in [1.165, 1.54) is 6.42 Å². The van der Waals surface area contributed by atoms with Crippen molar-refractivity contribution in [3.63, 3.8) is 0 Å². The van der Waals surface area contributed by atoms with Crippen molar-refractivity contribution in [2.75, 3.05) is 19.6 Å². The van der Waals surface area contributed by atoms with Crippen LogP contribution in [0.25, 0.3) is 0 Å². The number of amides is 2. The van der Waals surface area contributed by atoms with Crippen LogP contribution in [-0.2, 0) is 9.47 Å². The van der Waals surface area contributed by atoms with Gasteiger partial charge in [0, 0.05) is 24.5 Å². The highest BCUT2D eigenvalue weighted by Crippen LogP contribution is 2.52. The van der Waals surface area contributed by atoms with Gasteiger partial charge in [0.2, 0.25) is 0 Å². The van der Waals surface area contributed by atoms with Crippen LogP contribution in [0.15, 0.2) is 0 Å². The Kier molecular flexibility index (Phi) is 7.13. The van der Waals surface area contributed by atoms with Crippen LogP contribution in [0.1, 0.15) is 74.1 Å². The molecule has 1 aliphatic heterocycles. The molecular formula is C22H41N3O4. The minimum Gasteiger partial charge on any atom is -0.444 e. The molecule has 2 unspecified atom stereocenters. The number of rotatable bonds is 5. The average Bonchev–Trinajstić information content (AvgIpc) is 2.90. The first kappa shape index (κ1) is 23.8. The van der Waals surface area contributed by atoms with Gasteiger partial charge in [-0.1, -0.05) is 6.42 Å². The SMILES string of the molecule is C[C@@H](NC(=O)OC(C)(C)C)C(CN)CC1CCCC12CN(C(=O)OC(C)(C)C)C2. The third-order valence-electron chi connectivity index (χ3n) is 6.10. The summed E-state index contributed by atoms with van der Waals surface area (Å²) in [4.78, 5) is 26.3. The van der Waals surface area contributed by atoms with Gasteiger partial charge in [0.15, 0.2) is 0 Å². The van der Waals surface area contributed by atoms with E-state index >= 15 is 0 Å². The number of hydrogen-bond acceptors (Lipinski definition) is 5. The molecule has 2 amide bonds. The lowest BCUT2D eigenvalue weighted by molar-refractivity contribution is -0.0543. The Labute approximate surface area is 176 Å². The first-order chi connectivity index (χ1) is 13.2. The molecule has 0 radical (unpaired) electrons. The highest BCUT2D eigenvalue weighted by atomic mass is 16.6. The van der Waals surface area contributed by atoms with Gasteiger partial charge in [0.1, 0.15) is 11.2 Å². The van der Waals surface area contributed by atoms with Crippen LogP contribution in [0.2, 0.25) is 0 Å². The lowest BCUT2D eigenvalue weighted by atomic mass is 9.68. The number of nitrogens with zero attached hydrogens (tertiary/aromatic N) is 1. The van der Waals surface area contributed by atoms with Crippen molar-refractivity contribution in [2.45, 2.75) is 91.4 Å². The molecule has 3 N–H and O–H groups in total. The Morgan fingerprint density at radius 3 is 2.24 bits per heavy atom. The van der Waals surface area contributed by atoms with E-state index in [-0.39, 0.29) is 23.5 Å². The molecule has 0 aromatic carbocycles. The maximum absolute atomic E-state index is 12.3. The summed E-state index contributed by atoms with van der Waals surface area (Å²) < 4.78 is 10.9. The van der Waals surface area contributed by atoms with E-state index in [1.54, 1.807) is 0 Å². The zero-order valence-corrected chi connectivity index (χ0v) is 19.3. The highest BCUT2D eigenvalue weighted by Gasteiger charge is 2.53. The molecule has 1 spiro atoms. The topological polar surface area (TPSA) is 93.9 Å². The summed E-state index contributed by atoms with van der Waals surface area (Å²) in [6.45, 7) is 15.3. The first-order valence-electron chi connectivity index (χ1n) is 10.9. The second-order valence-corrected chi connectivity index (χ2v) is 11.0. The largest absolute Gasteiger partial charge is 0.444 e. The lowest BCUT2D eigenvalue weighted by Gasteiger charge is -2.52. The predicted molar refractivity (Wildman–Crippen MR) is 114 cm³/mol. The molecule has 0 aromatic heterocycles. The van der Waals surface area contributed by atoms with Gasteiger partial charge in [-0.3, -0.25) is 0 Å². The van der Waals surface area contributed by atoms with Crippen LogP contribution in [0, 0.1) is 17.3 Å². The van der Waals surface area contributed by atoms with Crippen LogP contribution in [0.4, 0.5) is 9.59 Å². The van der Waals surface area contributed by atoms with Crippen molar-refractivity contribution in [1.29, 1.82) is 0 Å². The normalized spacial score (nSPS) is 23.3. The summed E-state index contributed by atoms with van der Waals surface area (Å²) in [6.07, 6.45) is 3.81. The molecule has 29 heavy (non-hydrogen) atoms. The average molecular weight is 412 g/mol. The van der Waals surface area contributed by atoms with E-state index in [0.29, 0.717) is 12.5 Å². The van der Waals surface area contributed by atoms with Crippen molar-refractivity contribution >= 4 is 12.2 Å². The molecule has 1 heterocycles. The minimum absolute atomic E-state index is 0.0606. The zero-order chi connectivity index (χ0) is 22.0. The first-order valence-corrected chi connectivity index (χ1v) is 10.9. The minimum atomic E-state index is -0.519. The zero-order valence-electron chi connectivity index (χ0n) is 19.3. The number of hydrogen-bond donors (Lipinski definition) is 2. The molecule has 3 atom stereocenters. The van der Waals surface area contributed by atoms with Crippen molar-refractivity contribution in [3.05, 3.63) is 0 Å². The maximum Gasteiger partial charge on any atom is 0.410 e. The smallest absolute Gasteiger partial charge is 0.410 e. The van der Waals surface area contributed by atoms with Gasteiger partial charge in [-0.25, -0.2) is 9.59 Å². The molecule has 0 bridgehead atoms. The summed E-state index contributed by atoms with van der Waals surface area (Å²) in [7, 11) is 0. The fourth-order valence-corrected chi connectivity index (χ4v) is 4.65. The molecule has 2 fully saturated rings. The van der Waals surface area contributed by atoms with E-state index in [9.17, 15) is 9.59 Å². The van der Waals surface area contributed by atoms with Gasteiger partial charge in [-0.15, -0.1) is 0 Å². The molecule has 1 saturated heterocycles. The van der Waals surface area contributed by atoms with Crippen LogP contribution >= 0.6 is 0 Å². The van der Waals surface area contributed by atoms with Gasteiger partial charge in [-0.05, 0) is 86.1 Å². The molecule has 7 heteroatoms. The van der Waals surface area contributed by atoms with Crippen molar-refractivity contribution in [2.24, 2.45) is 23.0 Å². The van der Waals surface area contributed by atoms with Gasteiger partial charge >= 0.3 is 12.2 Å². The van der Waals surface area contributed by atoms with E-state index in [1.807, 2.05) is 53.4 Å². The number of carbonyl (C=O) groups excluding carboxylic acids is 2. The summed E-state index contributed by atoms with van der Waals surface area (Å²) in [6, 6.07) is -0.0606. The monoisotopic (exact) mass is 411 g/mol. The number of ether oxygens (including phenoxy) is 2. The third-order valence-corrected chi connectivity index (χ3v) is 6.10. The van der Waals surface area contributed by atoms with Gasteiger partial charge in [-0.2, -0.15) is 0 Å². The van der Waals surface area contributed by atoms with Gasteiger partial charge in [0.25, 0.3) is 0 Å². The third kappa shape index (κ3) is 6.49. The molecule has 1 saturated carbocycles. The van der Waals surface area contributed by atoms with Crippen LogP contribution in [0.3, 0.4) is 0 Å². The fourth-order valence-electron chi connectivity index (χ4n) is 4.65. The lowest BCUT2D eigenvalue weighted by Crippen LogP contribution is -2.61. The second kappa shape index (κ2) is 8.70. The fraction of sp³-hybridized carbons (Fsp3) is 0.909. The highest BCUT2D eigenvalue weighted by molar-refractivity contribution is 5.69. The predicted octanol–water partition coefficient (Wildman–Crippen LogP) is 3.90. The Hall–Kier alpha value is -1.50. The molecule has 2 aliphatic rings. The Morgan fingerprint density at radius 2 is 1.72 bits per heavy atom. The number of likely N-dealkylation sites (tertiary alicyclic amines) is 1. The number of nitrogens with one attached hydrogen (secondary N) is 1.